The molecule has 0 bridgehead atoms. The minimum absolute atomic E-state index is 0. The summed E-state index contributed by atoms with van der Waals surface area (Å²) >= 11 is 0. The molecule has 4 rings (SSSR count). The minimum atomic E-state index is 0. The highest BCUT2D eigenvalue weighted by Crippen LogP contribution is 2.22. The molecule has 0 unspecified atom stereocenters. The minimum Gasteiger partial charge on any atom is -0.388 e. The van der Waals surface area contributed by atoms with Gasteiger partial charge in [-0.3, -0.25) is 0 Å². The van der Waals surface area contributed by atoms with Crippen LogP contribution in [0.3, 0.4) is 0 Å². The van der Waals surface area contributed by atoms with Gasteiger partial charge in [0.1, 0.15) is 0 Å². The molecule has 0 heterocycles. The first-order valence-corrected chi connectivity index (χ1v) is 9.98. The fourth-order valence-corrected chi connectivity index (χ4v) is 3.08. The van der Waals surface area contributed by atoms with Crippen molar-refractivity contribution in [2.24, 2.45) is 4.99 Å². The highest BCUT2D eigenvalue weighted by Gasteiger charge is 2.05. The highest BCUT2D eigenvalue weighted by atomic mass is 14.9. The van der Waals surface area contributed by atoms with Crippen molar-refractivity contribution in [3.8, 4) is 0 Å². The smallest absolute Gasteiger partial charge is 0.204 e. The molecule has 0 amide bonds. The normalized spacial score (nSPS) is 11.8. The maximum absolute atomic E-state index is 4.71. The van der Waals surface area contributed by atoms with Crippen molar-refractivity contribution in [1.29, 1.82) is 0 Å². The molecule has 1 aliphatic carbocycles. The lowest BCUT2D eigenvalue weighted by Gasteiger charge is -2.08. The van der Waals surface area contributed by atoms with Crippen LogP contribution in [0, 0.1) is 14.4 Å². The van der Waals surface area contributed by atoms with Crippen molar-refractivity contribution in [1.82, 2.24) is 0 Å². The van der Waals surface area contributed by atoms with Crippen LogP contribution < -0.4 is 15.6 Å². The predicted molar refractivity (Wildman–Crippen MR) is 141 cm³/mol. The number of benzene rings is 3. The van der Waals surface area contributed by atoms with E-state index in [1.807, 2.05) is 67.7 Å². The van der Waals surface area contributed by atoms with Crippen LogP contribution in [-0.2, 0) is 0 Å². The number of hydrogen-bond acceptors (Lipinski definition) is 3. The Balaban J connectivity index is 0.00000181. The van der Waals surface area contributed by atoms with Crippen LogP contribution in [-0.4, -0.2) is 18.5 Å². The van der Waals surface area contributed by atoms with Crippen LogP contribution in [0.4, 0.5) is 28.4 Å². The Morgan fingerprint density at radius 2 is 1.22 bits per heavy atom. The van der Waals surface area contributed by atoms with E-state index in [-0.39, 0.29) is 14.9 Å². The van der Waals surface area contributed by atoms with Crippen LogP contribution >= 0.6 is 0 Å². The zero-order valence-electron chi connectivity index (χ0n) is 18.2. The van der Waals surface area contributed by atoms with Crippen LogP contribution in [0.1, 0.15) is 13.0 Å². The van der Waals surface area contributed by atoms with Gasteiger partial charge in [0.2, 0.25) is 11.4 Å². The fourth-order valence-electron chi connectivity index (χ4n) is 3.08. The lowest BCUT2D eigenvalue weighted by molar-refractivity contribution is -0.351. The molecule has 164 valence electrons. The fraction of sp³-hybridized carbons (Fsp3) is 0.107. The number of nitrogens with one attached hydrogen (secondary N) is 3. The average molecular weight is 425 g/mol. The summed E-state index contributed by atoms with van der Waals surface area (Å²) in [4.78, 5) is 8.11. The van der Waals surface area contributed by atoms with E-state index in [0.29, 0.717) is 0 Å². The number of anilines is 3. The Morgan fingerprint density at radius 3 is 1.78 bits per heavy atom. The second kappa shape index (κ2) is 11.5. The van der Waals surface area contributed by atoms with E-state index in [4.69, 9.17) is 4.99 Å². The van der Waals surface area contributed by atoms with Gasteiger partial charge in [0.15, 0.2) is 0 Å². The van der Waals surface area contributed by atoms with Gasteiger partial charge in [-0.05, 0) is 67.6 Å². The molecule has 0 saturated heterocycles. The van der Waals surface area contributed by atoms with Gasteiger partial charge < -0.3 is 18.1 Å². The van der Waals surface area contributed by atoms with E-state index < -0.39 is 0 Å². The summed E-state index contributed by atoms with van der Waals surface area (Å²) in [6.07, 6.45) is 8.13. The molecular weight excluding hydrogens is 392 g/mol. The van der Waals surface area contributed by atoms with Gasteiger partial charge in [0, 0.05) is 48.4 Å². The van der Waals surface area contributed by atoms with Gasteiger partial charge in [-0.15, -0.1) is 0 Å². The number of nitrogens with zero attached hydrogens (tertiary/aromatic N) is 1. The largest absolute Gasteiger partial charge is 0.388 e. The molecule has 32 heavy (non-hydrogen) atoms. The van der Waals surface area contributed by atoms with Crippen molar-refractivity contribution >= 4 is 39.9 Å². The van der Waals surface area contributed by atoms with E-state index in [9.17, 15) is 0 Å². The van der Waals surface area contributed by atoms with Crippen molar-refractivity contribution in [2.45, 2.75) is 14.4 Å². The number of allylic oxidation sites excluding steroid dienone is 4. The molecule has 3 N–H and O–H groups in total. The number of aliphatic imine (C=N–C) groups is 1. The first kappa shape index (κ1) is 24.4. The highest BCUT2D eigenvalue weighted by molar-refractivity contribution is 6.17. The Hall–Kier alpha value is -3.92. The molecule has 0 atom stereocenters. The summed E-state index contributed by atoms with van der Waals surface area (Å²) in [6.45, 7) is 2.09. The lowest BCUT2D eigenvalue weighted by atomic mass is 10.1. The third-order valence-corrected chi connectivity index (χ3v) is 4.80. The zero-order chi connectivity index (χ0) is 20.8. The van der Waals surface area contributed by atoms with E-state index in [2.05, 4.69) is 58.9 Å². The molecule has 0 spiro atoms. The van der Waals surface area contributed by atoms with E-state index in [1.165, 1.54) is 5.56 Å². The van der Waals surface area contributed by atoms with E-state index in [1.54, 1.807) is 0 Å². The second-order valence-electron chi connectivity index (χ2n) is 7.15. The van der Waals surface area contributed by atoms with Crippen molar-refractivity contribution in [2.75, 3.05) is 17.7 Å². The summed E-state index contributed by atoms with van der Waals surface area (Å²) in [7, 11) is 1.92. The molecular formula is C28H32N4. The molecule has 0 fully saturated rings. The zero-order valence-corrected chi connectivity index (χ0v) is 18.2. The van der Waals surface area contributed by atoms with Gasteiger partial charge in [-0.2, -0.15) is 0 Å². The number of rotatable bonds is 5. The van der Waals surface area contributed by atoms with Crippen LogP contribution in [0.25, 0.3) is 0 Å². The monoisotopic (exact) mass is 424 g/mol. The van der Waals surface area contributed by atoms with E-state index >= 15 is 0 Å². The molecule has 3 aromatic rings. The SMILES string of the molecule is C.CNc1ccc(Nc2ccc(N=C3C=CC(=[NH+]c4ccc(C)cc4)C=C3)cc2)cc1.[CH3-]. The molecule has 1 aliphatic rings. The molecule has 3 aromatic carbocycles. The first-order chi connectivity index (χ1) is 14.7. The maximum Gasteiger partial charge on any atom is 0.204 e. The molecule has 0 radical (unpaired) electrons. The Kier molecular flexibility index (Phi) is 8.72. The maximum atomic E-state index is 4.71. The summed E-state index contributed by atoms with van der Waals surface area (Å²) in [5.74, 6) is 0. The van der Waals surface area contributed by atoms with Crippen LogP contribution in [0.2, 0.25) is 0 Å². The van der Waals surface area contributed by atoms with Crippen LogP contribution in [0.5, 0.6) is 0 Å². The van der Waals surface area contributed by atoms with Crippen molar-refractivity contribution in [3.05, 3.63) is 110 Å². The molecule has 0 aliphatic heterocycles. The van der Waals surface area contributed by atoms with Crippen LogP contribution in [0.15, 0.2) is 102 Å². The standard InChI is InChI=1S/C26H24N4.CH4.CH3/c1-19-3-5-21(6-4-19)28-23-11-13-25(14-12-23)30-26-17-15-24(16-18-26)29-22-9-7-20(27-2)8-10-22;;/h3-18,27,29H,1-2H3;1H4;1H3/q;;-1/p+1. The van der Waals surface area contributed by atoms with Gasteiger partial charge in [-0.25, -0.2) is 9.98 Å². The molecule has 0 aromatic heterocycles. The quantitative estimate of drug-likeness (QED) is 0.352. The number of aryl methyl sites for hydroxylation is 1. The molecule has 4 heteroatoms. The van der Waals surface area contributed by atoms with Crippen molar-refractivity contribution in [3.63, 3.8) is 0 Å². The van der Waals surface area contributed by atoms with Gasteiger partial charge in [-0.1, -0.05) is 25.1 Å². The second-order valence-corrected chi connectivity index (χ2v) is 7.15. The summed E-state index contributed by atoms with van der Waals surface area (Å²) in [5.41, 5.74) is 8.39. The predicted octanol–water partition coefficient (Wildman–Crippen LogP) is 5.92. The third kappa shape index (κ3) is 6.54. The number of hydrogen-bond donors (Lipinski definition) is 3. The summed E-state index contributed by atoms with van der Waals surface area (Å²) in [5, 5.41) is 6.52. The van der Waals surface area contributed by atoms with E-state index in [0.717, 1.165) is 39.9 Å². The van der Waals surface area contributed by atoms with Gasteiger partial charge in [0.05, 0.1) is 11.4 Å². The third-order valence-electron chi connectivity index (χ3n) is 4.80. The van der Waals surface area contributed by atoms with Gasteiger partial charge in [0.25, 0.3) is 0 Å². The molecule has 4 nitrogen and oxygen atoms in total. The Labute approximate surface area is 192 Å². The summed E-state index contributed by atoms with van der Waals surface area (Å²) in [6, 6.07) is 24.7. The summed E-state index contributed by atoms with van der Waals surface area (Å²) < 4.78 is 0. The Bertz CT molecular complexity index is 1100. The van der Waals surface area contributed by atoms with Gasteiger partial charge >= 0.3 is 0 Å². The molecule has 0 saturated carbocycles. The van der Waals surface area contributed by atoms with Crippen molar-refractivity contribution < 1.29 is 4.99 Å². The topological polar surface area (TPSA) is 50.4 Å². The average Bonchev–Trinajstić information content (AvgIpc) is 2.78. The Morgan fingerprint density at radius 1 is 0.688 bits per heavy atom. The first-order valence-electron chi connectivity index (χ1n) is 9.98. The lowest BCUT2D eigenvalue weighted by Crippen LogP contribution is -2.65.